The minimum atomic E-state index is -0.184. The molecule has 0 amide bonds. The maximum absolute atomic E-state index is 5.32. The molecule has 0 aromatic rings. The van der Waals surface area contributed by atoms with Crippen LogP contribution in [0, 0.1) is 0 Å². The van der Waals surface area contributed by atoms with Crippen LogP contribution in [-0.2, 0) is 9.47 Å². The van der Waals surface area contributed by atoms with E-state index in [0.717, 1.165) is 6.42 Å². The average molecular weight is 173 g/mol. The lowest BCUT2D eigenvalue weighted by molar-refractivity contribution is -0.226. The fourth-order valence-electron chi connectivity index (χ4n) is 1.12. The van der Waals surface area contributed by atoms with Crippen LogP contribution < -0.4 is 0 Å². The SMILES string of the molecule is C[C@@H]1O[C@@H](N=C=S)C[C@H](C)O1. The second-order valence-electron chi connectivity index (χ2n) is 2.56. The zero-order chi connectivity index (χ0) is 8.27. The summed E-state index contributed by atoms with van der Waals surface area (Å²) in [6, 6.07) is 0. The molecule has 1 heterocycles. The first kappa shape index (κ1) is 8.81. The molecule has 4 heteroatoms. The molecule has 3 nitrogen and oxygen atoms in total. The van der Waals surface area contributed by atoms with E-state index >= 15 is 0 Å². The number of thiocarbonyl (C=S) groups is 1. The first-order chi connectivity index (χ1) is 5.22. The maximum atomic E-state index is 5.32. The summed E-state index contributed by atoms with van der Waals surface area (Å²) >= 11 is 4.47. The number of isothiocyanates is 1. The van der Waals surface area contributed by atoms with Crippen LogP contribution in [0.25, 0.3) is 0 Å². The topological polar surface area (TPSA) is 30.8 Å². The summed E-state index contributed by atoms with van der Waals surface area (Å²) in [7, 11) is 0. The Morgan fingerprint density at radius 1 is 1.45 bits per heavy atom. The molecular formula is C7H11NO2S. The third-order valence-corrected chi connectivity index (χ3v) is 1.61. The largest absolute Gasteiger partial charge is 0.350 e. The van der Waals surface area contributed by atoms with Gasteiger partial charge >= 0.3 is 0 Å². The first-order valence-corrected chi connectivity index (χ1v) is 4.01. The van der Waals surface area contributed by atoms with Gasteiger partial charge in [-0.1, -0.05) is 0 Å². The molecule has 0 unspecified atom stereocenters. The fraction of sp³-hybridized carbons (Fsp3) is 0.857. The van der Waals surface area contributed by atoms with Crippen LogP contribution in [0.1, 0.15) is 20.3 Å². The monoisotopic (exact) mass is 173 g/mol. The molecular weight excluding hydrogens is 162 g/mol. The molecule has 0 N–H and O–H groups in total. The minimum Gasteiger partial charge on any atom is -0.350 e. The number of aliphatic imine (C=N–C) groups is 1. The summed E-state index contributed by atoms with van der Waals surface area (Å²) in [4.78, 5) is 3.85. The van der Waals surface area contributed by atoms with E-state index in [9.17, 15) is 0 Å². The van der Waals surface area contributed by atoms with Crippen LogP contribution >= 0.6 is 12.2 Å². The molecule has 0 bridgehead atoms. The zero-order valence-electron chi connectivity index (χ0n) is 6.61. The summed E-state index contributed by atoms with van der Waals surface area (Å²) in [6.07, 6.45) is 0.603. The molecule has 0 aromatic heterocycles. The Labute approximate surface area is 71.4 Å². The number of hydrogen-bond donors (Lipinski definition) is 0. The molecule has 1 aliphatic heterocycles. The highest BCUT2D eigenvalue weighted by Crippen LogP contribution is 2.17. The van der Waals surface area contributed by atoms with E-state index in [1.807, 2.05) is 13.8 Å². The quantitative estimate of drug-likeness (QED) is 0.445. The first-order valence-electron chi connectivity index (χ1n) is 3.60. The van der Waals surface area contributed by atoms with Gasteiger partial charge in [0.1, 0.15) is 0 Å². The molecule has 0 saturated carbocycles. The molecule has 3 atom stereocenters. The lowest BCUT2D eigenvalue weighted by Crippen LogP contribution is -2.33. The van der Waals surface area contributed by atoms with E-state index in [1.165, 1.54) is 0 Å². The second-order valence-corrected chi connectivity index (χ2v) is 2.74. The average Bonchev–Trinajstić information content (AvgIpc) is 1.85. The third kappa shape index (κ3) is 2.67. The number of hydrogen-bond acceptors (Lipinski definition) is 4. The van der Waals surface area contributed by atoms with Crippen molar-refractivity contribution >= 4 is 17.4 Å². The van der Waals surface area contributed by atoms with Crippen LogP contribution in [0.3, 0.4) is 0 Å². The van der Waals surface area contributed by atoms with Crippen LogP contribution in [0.15, 0.2) is 4.99 Å². The lowest BCUT2D eigenvalue weighted by atomic mass is 10.2. The van der Waals surface area contributed by atoms with E-state index in [0.29, 0.717) is 0 Å². The molecule has 0 radical (unpaired) electrons. The van der Waals surface area contributed by atoms with Crippen molar-refractivity contribution in [2.75, 3.05) is 0 Å². The van der Waals surface area contributed by atoms with Crippen LogP contribution in [0.4, 0.5) is 0 Å². The normalized spacial score (nSPS) is 37.8. The van der Waals surface area contributed by atoms with Gasteiger partial charge in [0.2, 0.25) is 0 Å². The summed E-state index contributed by atoms with van der Waals surface area (Å²) in [6.45, 7) is 3.84. The van der Waals surface area contributed by atoms with E-state index in [1.54, 1.807) is 0 Å². The van der Waals surface area contributed by atoms with Crippen molar-refractivity contribution < 1.29 is 9.47 Å². The molecule has 1 saturated heterocycles. The van der Waals surface area contributed by atoms with E-state index < -0.39 is 0 Å². The van der Waals surface area contributed by atoms with E-state index in [-0.39, 0.29) is 18.6 Å². The predicted octanol–water partition coefficient (Wildman–Crippen LogP) is 1.59. The van der Waals surface area contributed by atoms with Gasteiger partial charge in [-0.15, -0.1) is 0 Å². The highest BCUT2D eigenvalue weighted by Gasteiger charge is 2.23. The number of nitrogens with zero attached hydrogens (tertiary/aromatic N) is 1. The second kappa shape index (κ2) is 3.93. The van der Waals surface area contributed by atoms with Crippen molar-refractivity contribution in [3.05, 3.63) is 0 Å². The Bertz CT molecular complexity index is 169. The van der Waals surface area contributed by atoms with Gasteiger partial charge < -0.3 is 9.47 Å². The Hall–Kier alpha value is -0.280. The summed E-state index contributed by atoms with van der Waals surface area (Å²) in [5, 5.41) is 2.31. The van der Waals surface area contributed by atoms with Crippen molar-refractivity contribution in [3.8, 4) is 0 Å². The summed E-state index contributed by atoms with van der Waals surface area (Å²) < 4.78 is 10.6. The van der Waals surface area contributed by atoms with Gasteiger partial charge in [0.05, 0.1) is 11.3 Å². The van der Waals surface area contributed by atoms with Gasteiger partial charge in [0, 0.05) is 6.42 Å². The van der Waals surface area contributed by atoms with Crippen molar-refractivity contribution in [1.82, 2.24) is 0 Å². The van der Waals surface area contributed by atoms with Gasteiger partial charge in [-0.25, -0.2) is 4.99 Å². The van der Waals surface area contributed by atoms with Crippen molar-refractivity contribution in [2.45, 2.75) is 38.9 Å². The van der Waals surface area contributed by atoms with Crippen molar-refractivity contribution in [2.24, 2.45) is 4.99 Å². The van der Waals surface area contributed by atoms with Crippen LogP contribution in [-0.4, -0.2) is 23.8 Å². The highest BCUT2D eigenvalue weighted by molar-refractivity contribution is 7.78. The van der Waals surface area contributed by atoms with Crippen molar-refractivity contribution in [3.63, 3.8) is 0 Å². The van der Waals surface area contributed by atoms with E-state index in [2.05, 4.69) is 22.4 Å². The Balaban J connectivity index is 2.49. The standard InChI is InChI=1S/C7H11NO2S/c1-5-3-7(8-4-11)10-6(2)9-5/h5-7H,3H2,1-2H3/t5-,6-,7+/m0/s1. The predicted molar refractivity (Wildman–Crippen MR) is 44.5 cm³/mol. The van der Waals surface area contributed by atoms with Gasteiger partial charge in [-0.2, -0.15) is 0 Å². The smallest absolute Gasteiger partial charge is 0.163 e. The Morgan fingerprint density at radius 3 is 2.73 bits per heavy atom. The zero-order valence-corrected chi connectivity index (χ0v) is 7.43. The fourth-order valence-corrected chi connectivity index (χ4v) is 1.23. The minimum absolute atomic E-state index is 0.161. The molecule has 62 valence electrons. The van der Waals surface area contributed by atoms with Crippen molar-refractivity contribution in [1.29, 1.82) is 0 Å². The molecule has 0 aliphatic carbocycles. The van der Waals surface area contributed by atoms with Crippen LogP contribution in [0.5, 0.6) is 0 Å². The molecule has 0 spiro atoms. The molecule has 1 aliphatic rings. The maximum Gasteiger partial charge on any atom is 0.163 e. The van der Waals surface area contributed by atoms with Gasteiger partial charge in [0.25, 0.3) is 0 Å². The molecule has 0 aromatic carbocycles. The van der Waals surface area contributed by atoms with Crippen LogP contribution in [0.2, 0.25) is 0 Å². The Kier molecular flexibility index (Phi) is 3.15. The number of ether oxygens (including phenoxy) is 2. The van der Waals surface area contributed by atoms with Gasteiger partial charge in [-0.05, 0) is 26.1 Å². The molecule has 1 fully saturated rings. The van der Waals surface area contributed by atoms with Gasteiger partial charge in [0.15, 0.2) is 12.5 Å². The van der Waals surface area contributed by atoms with Gasteiger partial charge in [-0.3, -0.25) is 0 Å². The highest BCUT2D eigenvalue weighted by atomic mass is 32.1. The van der Waals surface area contributed by atoms with E-state index in [4.69, 9.17) is 9.47 Å². The number of rotatable bonds is 1. The lowest BCUT2D eigenvalue weighted by Gasteiger charge is -2.29. The Morgan fingerprint density at radius 2 is 2.18 bits per heavy atom. The summed E-state index contributed by atoms with van der Waals surface area (Å²) in [5.74, 6) is 0. The molecule has 11 heavy (non-hydrogen) atoms. The molecule has 1 rings (SSSR count). The summed E-state index contributed by atoms with van der Waals surface area (Å²) in [5.41, 5.74) is 0. The third-order valence-electron chi connectivity index (χ3n) is 1.50.